The van der Waals surface area contributed by atoms with E-state index in [0.29, 0.717) is 5.13 Å². The first-order valence-corrected chi connectivity index (χ1v) is 6.91. The Labute approximate surface area is 117 Å². The Balaban J connectivity index is 1.82. The van der Waals surface area contributed by atoms with Gasteiger partial charge < -0.3 is 5.32 Å². The Morgan fingerprint density at radius 3 is 3.05 bits per heavy atom. The molecule has 1 aliphatic rings. The van der Waals surface area contributed by atoms with Crippen LogP contribution in [0.3, 0.4) is 0 Å². The fourth-order valence-corrected chi connectivity index (χ4v) is 3.00. The summed E-state index contributed by atoms with van der Waals surface area (Å²) in [4.78, 5) is 17.3. The van der Waals surface area contributed by atoms with Crippen LogP contribution in [0.1, 0.15) is 20.9 Å². The molecule has 1 amide bonds. The quantitative estimate of drug-likeness (QED) is 0.894. The molecule has 2 heterocycles. The van der Waals surface area contributed by atoms with Crippen molar-refractivity contribution >= 4 is 22.4 Å². The molecule has 0 saturated heterocycles. The molecular formula is C13H11F2N3OS. The maximum absolute atomic E-state index is 13.5. The molecule has 2 aromatic rings. The fraction of sp³-hybridized carbons (Fsp3) is 0.231. The molecule has 2 N–H and O–H groups in total. The summed E-state index contributed by atoms with van der Waals surface area (Å²) in [7, 11) is 0. The molecule has 0 bridgehead atoms. The van der Waals surface area contributed by atoms with Crippen molar-refractivity contribution in [3.63, 3.8) is 0 Å². The molecule has 7 heteroatoms. The maximum Gasteiger partial charge on any atom is 0.260 e. The number of nitrogens with zero attached hydrogens (tertiary/aromatic N) is 1. The van der Waals surface area contributed by atoms with Crippen molar-refractivity contribution in [2.75, 3.05) is 11.9 Å². The summed E-state index contributed by atoms with van der Waals surface area (Å²) in [5.74, 6) is -2.88. The summed E-state index contributed by atoms with van der Waals surface area (Å²) in [6, 6.07) is 3.51. The number of carbonyl (C=O) groups is 1. The Kier molecular flexibility index (Phi) is 3.45. The average Bonchev–Trinajstić information content (AvgIpc) is 2.83. The van der Waals surface area contributed by atoms with Gasteiger partial charge in [-0.05, 0) is 12.1 Å². The van der Waals surface area contributed by atoms with Gasteiger partial charge in [0.15, 0.2) is 16.8 Å². The number of fused-ring (bicyclic) bond motifs is 1. The molecule has 0 fully saturated rings. The van der Waals surface area contributed by atoms with Crippen LogP contribution in [0, 0.1) is 11.6 Å². The molecule has 4 nitrogen and oxygen atoms in total. The molecular weight excluding hydrogens is 284 g/mol. The van der Waals surface area contributed by atoms with Crippen LogP contribution in [0.2, 0.25) is 0 Å². The first-order chi connectivity index (χ1) is 9.65. The van der Waals surface area contributed by atoms with Crippen LogP contribution in [0.5, 0.6) is 0 Å². The van der Waals surface area contributed by atoms with Gasteiger partial charge in [0.05, 0.1) is 11.3 Å². The second kappa shape index (κ2) is 5.26. The predicted octanol–water partition coefficient (Wildman–Crippen LogP) is 2.32. The summed E-state index contributed by atoms with van der Waals surface area (Å²) in [6.07, 6.45) is 0.802. The van der Waals surface area contributed by atoms with Crippen LogP contribution < -0.4 is 10.6 Å². The van der Waals surface area contributed by atoms with Gasteiger partial charge in [-0.15, -0.1) is 11.3 Å². The number of carbonyl (C=O) groups excluding carboxylic acids is 1. The maximum atomic E-state index is 13.5. The zero-order valence-corrected chi connectivity index (χ0v) is 11.2. The van der Waals surface area contributed by atoms with E-state index in [1.54, 1.807) is 0 Å². The van der Waals surface area contributed by atoms with Gasteiger partial charge in [0.2, 0.25) is 0 Å². The van der Waals surface area contributed by atoms with E-state index in [4.69, 9.17) is 0 Å². The van der Waals surface area contributed by atoms with Gasteiger partial charge in [0, 0.05) is 24.4 Å². The van der Waals surface area contributed by atoms with E-state index in [2.05, 4.69) is 15.6 Å². The highest BCUT2D eigenvalue weighted by Crippen LogP contribution is 2.26. The van der Waals surface area contributed by atoms with Crippen molar-refractivity contribution in [1.82, 2.24) is 10.3 Å². The minimum absolute atomic E-state index is 0.323. The Hall–Kier alpha value is -1.86. The average molecular weight is 295 g/mol. The van der Waals surface area contributed by atoms with Gasteiger partial charge >= 0.3 is 0 Å². The number of benzene rings is 1. The van der Waals surface area contributed by atoms with E-state index in [1.807, 2.05) is 0 Å². The number of thiazole rings is 1. The van der Waals surface area contributed by atoms with Crippen LogP contribution >= 0.6 is 11.3 Å². The van der Waals surface area contributed by atoms with Crippen LogP contribution in [0.4, 0.5) is 13.9 Å². The second-order valence-electron chi connectivity index (χ2n) is 4.37. The molecule has 104 valence electrons. The van der Waals surface area contributed by atoms with E-state index in [9.17, 15) is 13.6 Å². The van der Waals surface area contributed by atoms with Crippen LogP contribution in [0.15, 0.2) is 18.2 Å². The zero-order chi connectivity index (χ0) is 14.1. The highest BCUT2D eigenvalue weighted by atomic mass is 32.1. The summed E-state index contributed by atoms with van der Waals surface area (Å²) in [6.45, 7) is 1.57. The number of aromatic nitrogens is 1. The number of anilines is 1. The van der Waals surface area contributed by atoms with Gasteiger partial charge in [-0.2, -0.15) is 0 Å². The van der Waals surface area contributed by atoms with E-state index in [1.165, 1.54) is 23.5 Å². The SMILES string of the molecule is O=C(Nc1nc2c(s1)CNCC2)c1cccc(F)c1F. The molecule has 0 radical (unpaired) electrons. The van der Waals surface area contributed by atoms with Gasteiger partial charge in [-0.25, -0.2) is 13.8 Å². The van der Waals surface area contributed by atoms with Gasteiger partial charge in [-0.3, -0.25) is 10.1 Å². The Morgan fingerprint density at radius 1 is 1.40 bits per heavy atom. The summed E-state index contributed by atoms with van der Waals surface area (Å²) in [5, 5.41) is 6.13. The van der Waals surface area contributed by atoms with E-state index in [-0.39, 0.29) is 5.56 Å². The lowest BCUT2D eigenvalue weighted by Crippen LogP contribution is -2.22. The molecule has 0 spiro atoms. The predicted molar refractivity (Wildman–Crippen MR) is 71.8 cm³/mol. The number of hydrogen-bond acceptors (Lipinski definition) is 4. The minimum atomic E-state index is -1.15. The van der Waals surface area contributed by atoms with Crippen molar-refractivity contribution in [2.45, 2.75) is 13.0 Å². The Morgan fingerprint density at radius 2 is 2.25 bits per heavy atom. The number of nitrogens with one attached hydrogen (secondary N) is 2. The molecule has 1 aliphatic heterocycles. The van der Waals surface area contributed by atoms with Crippen molar-refractivity contribution in [1.29, 1.82) is 0 Å². The van der Waals surface area contributed by atoms with Gasteiger partial charge in [0.1, 0.15) is 0 Å². The monoisotopic (exact) mass is 295 g/mol. The van der Waals surface area contributed by atoms with Crippen LogP contribution in [-0.2, 0) is 13.0 Å². The van der Waals surface area contributed by atoms with Crippen LogP contribution in [0.25, 0.3) is 0 Å². The molecule has 1 aromatic carbocycles. The highest BCUT2D eigenvalue weighted by Gasteiger charge is 2.19. The van der Waals surface area contributed by atoms with Crippen molar-refractivity contribution in [3.05, 3.63) is 46.0 Å². The molecule has 0 aliphatic carbocycles. The van der Waals surface area contributed by atoms with Gasteiger partial charge in [-0.1, -0.05) is 6.07 Å². The lowest BCUT2D eigenvalue weighted by molar-refractivity contribution is 0.102. The lowest BCUT2D eigenvalue weighted by atomic mass is 10.2. The molecule has 0 saturated carbocycles. The number of rotatable bonds is 2. The second-order valence-corrected chi connectivity index (χ2v) is 5.45. The normalized spacial score (nSPS) is 13.9. The summed E-state index contributed by atoms with van der Waals surface area (Å²) in [5.41, 5.74) is 0.625. The largest absolute Gasteiger partial charge is 0.311 e. The molecule has 3 rings (SSSR count). The first-order valence-electron chi connectivity index (χ1n) is 6.10. The third kappa shape index (κ3) is 2.41. The highest BCUT2D eigenvalue weighted by molar-refractivity contribution is 7.15. The summed E-state index contributed by atoms with van der Waals surface area (Å²) >= 11 is 1.35. The number of amides is 1. The first kappa shape index (κ1) is 13.1. The number of halogens is 2. The third-order valence-corrected chi connectivity index (χ3v) is 4.03. The Bertz CT molecular complexity index is 648. The van der Waals surface area contributed by atoms with Gasteiger partial charge in [0.25, 0.3) is 5.91 Å². The third-order valence-electron chi connectivity index (χ3n) is 3.02. The van der Waals surface area contributed by atoms with Crippen molar-refractivity contribution in [2.24, 2.45) is 0 Å². The van der Waals surface area contributed by atoms with Crippen molar-refractivity contribution < 1.29 is 13.6 Å². The minimum Gasteiger partial charge on any atom is -0.311 e. The molecule has 0 unspecified atom stereocenters. The standard InChI is InChI=1S/C13H11F2N3OS/c14-8-3-1-2-7(11(8)15)12(19)18-13-17-9-4-5-16-6-10(9)20-13/h1-3,16H,4-6H2,(H,17,18,19). The van der Waals surface area contributed by atoms with E-state index in [0.717, 1.165) is 36.1 Å². The molecule has 1 aromatic heterocycles. The van der Waals surface area contributed by atoms with E-state index < -0.39 is 17.5 Å². The van der Waals surface area contributed by atoms with Crippen LogP contribution in [-0.4, -0.2) is 17.4 Å². The zero-order valence-electron chi connectivity index (χ0n) is 10.4. The molecule has 20 heavy (non-hydrogen) atoms. The van der Waals surface area contributed by atoms with Crippen molar-refractivity contribution in [3.8, 4) is 0 Å². The topological polar surface area (TPSA) is 54.0 Å². The number of hydrogen-bond donors (Lipinski definition) is 2. The van der Waals surface area contributed by atoms with E-state index >= 15 is 0 Å². The fourth-order valence-electron chi connectivity index (χ4n) is 2.02. The molecule has 0 atom stereocenters. The smallest absolute Gasteiger partial charge is 0.260 e. The summed E-state index contributed by atoms with van der Waals surface area (Å²) < 4.78 is 26.6. The lowest BCUT2D eigenvalue weighted by Gasteiger charge is -2.09.